The molecule has 2 aromatic heterocycles. The van der Waals surface area contributed by atoms with Crippen LogP contribution in [0.25, 0.3) is 22.4 Å². The summed E-state index contributed by atoms with van der Waals surface area (Å²) in [6.45, 7) is 4.13. The Balaban J connectivity index is 2.25. The third-order valence-electron chi connectivity index (χ3n) is 4.99. The summed E-state index contributed by atoms with van der Waals surface area (Å²) in [4.78, 5) is 6.64. The molecule has 2 N–H and O–H groups in total. The summed E-state index contributed by atoms with van der Waals surface area (Å²) < 4.78 is 1.73. The number of benzene rings is 1. The number of nitrogen functional groups attached to an aromatic ring is 1. The Bertz CT molecular complexity index is 1030. The van der Waals surface area contributed by atoms with Crippen LogP contribution < -0.4 is 5.73 Å². The van der Waals surface area contributed by atoms with Crippen LogP contribution >= 0.6 is 0 Å². The minimum atomic E-state index is 0.239. The zero-order chi connectivity index (χ0) is 19.7. The standard InChI is InChI=1S/C21H24N6/c1-13-19(16-8-6-7-15(9-16)14(2)26(3)4)18(10-22)21(23)25-20(13)17-11-24-27(5)12-17/h6-9,11-12,14H,1-5H3,(H2,23,25)/t14-/m1/s1. The number of hydrogen-bond acceptors (Lipinski definition) is 5. The van der Waals surface area contributed by atoms with Gasteiger partial charge in [0.2, 0.25) is 0 Å². The fraction of sp³-hybridized carbons (Fsp3) is 0.286. The van der Waals surface area contributed by atoms with E-state index in [1.54, 1.807) is 10.9 Å². The molecular formula is C21H24N6. The van der Waals surface area contributed by atoms with Gasteiger partial charge >= 0.3 is 0 Å². The van der Waals surface area contributed by atoms with Crippen molar-refractivity contribution < 1.29 is 0 Å². The number of anilines is 1. The van der Waals surface area contributed by atoms with E-state index in [0.29, 0.717) is 5.56 Å². The van der Waals surface area contributed by atoms with Gasteiger partial charge in [0.25, 0.3) is 0 Å². The zero-order valence-corrected chi connectivity index (χ0v) is 16.4. The van der Waals surface area contributed by atoms with Crippen LogP contribution in [-0.2, 0) is 7.05 Å². The van der Waals surface area contributed by atoms with Crippen LogP contribution in [0, 0.1) is 18.3 Å². The Morgan fingerprint density at radius 2 is 2.00 bits per heavy atom. The SMILES string of the molecule is Cc1c(-c2cnn(C)c2)nc(N)c(C#N)c1-c1cccc([C@@H](C)N(C)C)c1. The van der Waals surface area contributed by atoms with Crippen LogP contribution in [0.3, 0.4) is 0 Å². The van der Waals surface area contributed by atoms with Crippen molar-refractivity contribution in [1.29, 1.82) is 5.26 Å². The van der Waals surface area contributed by atoms with Crippen molar-refractivity contribution in [1.82, 2.24) is 19.7 Å². The molecule has 3 rings (SSSR count). The van der Waals surface area contributed by atoms with E-state index in [4.69, 9.17) is 5.73 Å². The molecule has 0 bridgehead atoms. The lowest BCUT2D eigenvalue weighted by atomic mass is 9.91. The molecule has 0 unspecified atom stereocenters. The second-order valence-electron chi connectivity index (χ2n) is 7.00. The van der Waals surface area contributed by atoms with Crippen molar-refractivity contribution in [2.45, 2.75) is 19.9 Å². The fourth-order valence-electron chi connectivity index (χ4n) is 3.24. The molecule has 1 atom stereocenters. The van der Waals surface area contributed by atoms with Crippen molar-refractivity contribution in [3.05, 3.63) is 53.3 Å². The fourth-order valence-corrected chi connectivity index (χ4v) is 3.24. The number of pyridine rings is 1. The van der Waals surface area contributed by atoms with Gasteiger partial charge in [0, 0.05) is 30.4 Å². The number of rotatable bonds is 4. The van der Waals surface area contributed by atoms with Gasteiger partial charge in [-0.1, -0.05) is 18.2 Å². The summed E-state index contributed by atoms with van der Waals surface area (Å²) in [5.41, 5.74) is 12.1. The summed E-state index contributed by atoms with van der Waals surface area (Å²) in [6.07, 6.45) is 3.66. The minimum absolute atomic E-state index is 0.239. The van der Waals surface area contributed by atoms with Crippen molar-refractivity contribution in [2.24, 2.45) is 7.05 Å². The summed E-state index contributed by atoms with van der Waals surface area (Å²) >= 11 is 0. The third-order valence-corrected chi connectivity index (χ3v) is 4.99. The third kappa shape index (κ3) is 3.42. The molecular weight excluding hydrogens is 336 g/mol. The van der Waals surface area contributed by atoms with E-state index in [1.165, 1.54) is 5.56 Å². The quantitative estimate of drug-likeness (QED) is 0.769. The first-order valence-corrected chi connectivity index (χ1v) is 8.79. The molecule has 0 aliphatic carbocycles. The molecule has 2 heterocycles. The maximum atomic E-state index is 9.72. The molecule has 0 amide bonds. The summed E-state index contributed by atoms with van der Waals surface area (Å²) in [5.74, 6) is 0.239. The van der Waals surface area contributed by atoms with Crippen molar-refractivity contribution in [3.63, 3.8) is 0 Å². The molecule has 1 aromatic carbocycles. The Labute approximate surface area is 159 Å². The molecule has 6 nitrogen and oxygen atoms in total. The number of nitrogens with two attached hydrogens (primary N) is 1. The van der Waals surface area contributed by atoms with Crippen molar-refractivity contribution in [3.8, 4) is 28.5 Å². The Morgan fingerprint density at radius 3 is 2.59 bits per heavy atom. The largest absolute Gasteiger partial charge is 0.383 e. The van der Waals surface area contributed by atoms with Gasteiger partial charge in [0.05, 0.1) is 11.9 Å². The van der Waals surface area contributed by atoms with Gasteiger partial charge in [0.15, 0.2) is 0 Å². The van der Waals surface area contributed by atoms with E-state index >= 15 is 0 Å². The monoisotopic (exact) mass is 360 g/mol. The molecule has 0 spiro atoms. The average molecular weight is 360 g/mol. The molecule has 0 radical (unpaired) electrons. The topological polar surface area (TPSA) is 83.8 Å². The molecule has 0 aliphatic heterocycles. The highest BCUT2D eigenvalue weighted by Gasteiger charge is 2.20. The average Bonchev–Trinajstić information content (AvgIpc) is 3.08. The van der Waals surface area contributed by atoms with E-state index < -0.39 is 0 Å². The predicted octanol–water partition coefficient (Wildman–Crippen LogP) is 3.53. The summed E-state index contributed by atoms with van der Waals surface area (Å²) in [7, 11) is 5.96. The number of nitriles is 1. The molecule has 0 aliphatic rings. The van der Waals surface area contributed by atoms with E-state index in [1.807, 2.05) is 46.4 Å². The lowest BCUT2D eigenvalue weighted by molar-refractivity contribution is 0.321. The maximum absolute atomic E-state index is 9.72. The second-order valence-corrected chi connectivity index (χ2v) is 7.00. The van der Waals surface area contributed by atoms with Crippen molar-refractivity contribution >= 4 is 5.82 Å². The van der Waals surface area contributed by atoms with Gasteiger partial charge in [-0.2, -0.15) is 10.4 Å². The van der Waals surface area contributed by atoms with E-state index in [-0.39, 0.29) is 11.9 Å². The molecule has 0 saturated heterocycles. The lowest BCUT2D eigenvalue weighted by Crippen LogP contribution is -2.16. The van der Waals surface area contributed by atoms with Gasteiger partial charge in [0.1, 0.15) is 17.5 Å². The Hall–Kier alpha value is -3.17. The van der Waals surface area contributed by atoms with Crippen molar-refractivity contribution in [2.75, 3.05) is 19.8 Å². The summed E-state index contributed by atoms with van der Waals surface area (Å²) in [6, 6.07) is 10.8. The predicted molar refractivity (Wildman–Crippen MR) is 108 cm³/mol. The van der Waals surface area contributed by atoms with Gasteiger partial charge in [-0.15, -0.1) is 0 Å². The Morgan fingerprint density at radius 1 is 1.26 bits per heavy atom. The number of aryl methyl sites for hydroxylation is 1. The van der Waals surface area contributed by atoms with E-state index in [9.17, 15) is 5.26 Å². The van der Waals surface area contributed by atoms with Gasteiger partial charge in [-0.3, -0.25) is 4.68 Å². The first kappa shape index (κ1) is 18.6. The second kappa shape index (κ2) is 7.22. The molecule has 0 saturated carbocycles. The van der Waals surface area contributed by atoms with Crippen LogP contribution in [0.2, 0.25) is 0 Å². The van der Waals surface area contributed by atoms with Gasteiger partial charge in [-0.05, 0) is 50.7 Å². The van der Waals surface area contributed by atoms with Crippen LogP contribution in [-0.4, -0.2) is 33.8 Å². The van der Waals surface area contributed by atoms with Crippen LogP contribution in [0.15, 0.2) is 36.7 Å². The number of aromatic nitrogens is 3. The molecule has 138 valence electrons. The number of hydrogen-bond donors (Lipinski definition) is 1. The Kier molecular flexibility index (Phi) is 4.98. The first-order valence-electron chi connectivity index (χ1n) is 8.79. The van der Waals surface area contributed by atoms with E-state index in [2.05, 4.69) is 40.1 Å². The lowest BCUT2D eigenvalue weighted by Gasteiger charge is -2.21. The number of nitrogens with zero attached hydrogens (tertiary/aromatic N) is 5. The smallest absolute Gasteiger partial charge is 0.142 e. The van der Waals surface area contributed by atoms with Crippen LogP contribution in [0.5, 0.6) is 0 Å². The highest BCUT2D eigenvalue weighted by Crippen LogP contribution is 2.36. The minimum Gasteiger partial charge on any atom is -0.383 e. The van der Waals surface area contributed by atoms with E-state index in [0.717, 1.165) is 27.9 Å². The molecule has 6 heteroatoms. The normalized spacial score (nSPS) is 12.2. The molecule has 27 heavy (non-hydrogen) atoms. The van der Waals surface area contributed by atoms with Gasteiger partial charge < -0.3 is 10.6 Å². The molecule has 0 fully saturated rings. The summed E-state index contributed by atoms with van der Waals surface area (Å²) in [5, 5.41) is 14.0. The van der Waals surface area contributed by atoms with Crippen LogP contribution in [0.1, 0.15) is 29.7 Å². The highest BCUT2D eigenvalue weighted by molar-refractivity contribution is 5.84. The maximum Gasteiger partial charge on any atom is 0.142 e. The zero-order valence-electron chi connectivity index (χ0n) is 16.4. The highest BCUT2D eigenvalue weighted by atomic mass is 15.2. The van der Waals surface area contributed by atoms with Crippen LogP contribution in [0.4, 0.5) is 5.82 Å². The van der Waals surface area contributed by atoms with Gasteiger partial charge in [-0.25, -0.2) is 4.98 Å². The first-order chi connectivity index (χ1) is 12.8. The molecule has 3 aromatic rings.